The third-order valence-electron chi connectivity index (χ3n) is 18.1. The molecular weight excluding hydrogens is 1670 g/mol. The number of methoxy groups -OCH3 is 12. The maximum Gasteiger partial charge on any atom is 1.00 e. The van der Waals surface area contributed by atoms with Gasteiger partial charge >= 0.3 is 71.1 Å². The molecule has 4 heterocycles. The smallest absolute Gasteiger partial charge is 0.780 e. The Morgan fingerprint density at radius 3 is 0.903 bits per heavy atom. The average Bonchev–Trinajstić information content (AvgIpc) is 0.773. The van der Waals surface area contributed by atoms with Crippen molar-refractivity contribution in [3.8, 4) is 115 Å². The molecule has 0 bridgehead atoms. The summed E-state index contributed by atoms with van der Waals surface area (Å²) in [5.74, 6) is 4.36. The van der Waals surface area contributed by atoms with Crippen LogP contribution >= 0.6 is 20.2 Å². The Hall–Kier alpha value is -11.8. The Bertz CT molecular complexity index is 5780. The van der Waals surface area contributed by atoms with Crippen molar-refractivity contribution in [2.24, 2.45) is 0 Å². The zero-order chi connectivity index (χ0) is 87.9. The fourth-order valence-corrected chi connectivity index (χ4v) is 13.3. The number of phenolic OH excluding ortho intramolecular Hbond substituents is 1. The van der Waals surface area contributed by atoms with Crippen LogP contribution in [0.1, 0.15) is 100 Å². The molecule has 8 aromatic carbocycles. The van der Waals surface area contributed by atoms with Crippen molar-refractivity contribution in [3.63, 3.8) is 0 Å². The number of hydrogen-bond donors (Lipinski definition) is 1. The molecule has 12 rings (SSSR count). The van der Waals surface area contributed by atoms with Gasteiger partial charge in [-0.3, -0.25) is 43.9 Å². The molecule has 0 radical (unpaired) electrons. The van der Waals surface area contributed by atoms with E-state index in [0.717, 1.165) is 16.5 Å². The van der Waals surface area contributed by atoms with Crippen molar-refractivity contribution in [3.05, 3.63) is 191 Å². The number of esters is 2. The van der Waals surface area contributed by atoms with Gasteiger partial charge in [0.2, 0.25) is 23.0 Å². The van der Waals surface area contributed by atoms with Gasteiger partial charge in [0.15, 0.2) is 109 Å². The van der Waals surface area contributed by atoms with E-state index < -0.39 is 25.5 Å². The third kappa shape index (κ3) is 23.4. The second kappa shape index (κ2) is 47.2. The molecule has 0 fully saturated rings. The summed E-state index contributed by atoms with van der Waals surface area (Å²) in [6.07, 6.45) is 12.6. The summed E-state index contributed by atoms with van der Waals surface area (Å²) in [6.45, 7) is 11.3. The molecule has 0 aliphatic heterocycles. The fourth-order valence-electron chi connectivity index (χ4n) is 12.9. The number of phosphoric acid groups is 1. The summed E-state index contributed by atoms with van der Waals surface area (Å²) in [7, 11) is 12.5. The second-order valence-electron chi connectivity index (χ2n) is 25.2. The summed E-state index contributed by atoms with van der Waals surface area (Å²) in [6, 6.07) is 26.6. The molecule has 1 N–H and O–H groups in total. The van der Waals surface area contributed by atoms with Gasteiger partial charge in [0.25, 0.3) is 0 Å². The van der Waals surface area contributed by atoms with Crippen molar-refractivity contribution in [1.82, 2.24) is 19.9 Å². The minimum atomic E-state index is -5.41. The van der Waals surface area contributed by atoms with E-state index in [0.29, 0.717) is 161 Å². The van der Waals surface area contributed by atoms with Gasteiger partial charge in [-0.05, 0) is 158 Å². The number of rotatable bonds is 32. The Balaban J connectivity index is 0.000000254. The molecule has 4 aromatic heterocycles. The number of aromatic hydroxyl groups is 1. The topological polar surface area (TPSA) is 396 Å². The standard InChI is InChI=1S/C23H23NO7.C23H25NO6.C21H22NO9P.C21H21NO6.ClH.2Na/c1-6-30-18-8-7-15-16(11-24-12-17(15)22(18)31-13(2)25)21(26)14-9-19(27-3)23(29-5)20(10-14)28-4;1-6-29-19-8-7-17-16(12-24-13-18(17)22(19)30-14(2)25)9-15-10-20(26-3)23(28-5)21(11-15)27-4;1-5-30-16-7-6-13-14(10-22-11-15(13)20(16)31-32(24,25)26)19(23)12-8-17(27-2)21(29-4)18(9-12)28-3;1-5-28-16-7-6-13-14(10-22-11-15(13)20(16)24)19(23)12-8-17(25-2)21(27-4)18(9-12)26-3;;;/h7-12H,6H2,1-5H3;7-8,10-13H,6,9H2,1-5H3;6-11H,5H2,1-4H3,(H2,24,25,26);6-11,24H,5H2,1-4H3;1H;;/q;;;;;2*+1/p-2. The van der Waals surface area contributed by atoms with Crippen LogP contribution in [0.5, 0.6) is 115 Å². The van der Waals surface area contributed by atoms with Crippen molar-refractivity contribution < 1.29 is 192 Å². The number of aromatic nitrogens is 4. The van der Waals surface area contributed by atoms with E-state index in [2.05, 4.69) is 24.5 Å². The molecule has 0 unspecified atom stereocenters. The Morgan fingerprint density at radius 1 is 0.331 bits per heavy atom. The zero-order valence-corrected chi connectivity index (χ0v) is 77.7. The minimum absolute atomic E-state index is 0. The van der Waals surface area contributed by atoms with Gasteiger partial charge < -0.3 is 109 Å². The van der Waals surface area contributed by atoms with Gasteiger partial charge in [0, 0.05) is 118 Å². The Labute approximate surface area is 765 Å². The predicted octanol–water partition coefficient (Wildman–Crippen LogP) is 8.11. The number of benzene rings is 8. The average molecular weight is 1760 g/mol. The van der Waals surface area contributed by atoms with Crippen molar-refractivity contribution in [2.45, 2.75) is 48.0 Å². The molecule has 644 valence electrons. The molecule has 0 amide bonds. The van der Waals surface area contributed by atoms with Crippen LogP contribution < -0.4 is 159 Å². The van der Waals surface area contributed by atoms with Gasteiger partial charge in [-0.15, -0.1) is 12.4 Å². The van der Waals surface area contributed by atoms with Gasteiger partial charge in [-0.1, -0.05) is 6.07 Å². The number of carbonyl (C=O) groups is 5. The normalized spacial score (nSPS) is 10.5. The Morgan fingerprint density at radius 2 is 0.597 bits per heavy atom. The zero-order valence-electron chi connectivity index (χ0n) is 72.0. The summed E-state index contributed by atoms with van der Waals surface area (Å²) >= 11 is 0. The van der Waals surface area contributed by atoms with Crippen LogP contribution in [0.3, 0.4) is 0 Å². The van der Waals surface area contributed by atoms with E-state index in [4.69, 9.17) is 85.3 Å². The van der Waals surface area contributed by atoms with E-state index >= 15 is 0 Å². The molecule has 124 heavy (non-hydrogen) atoms. The SMILES string of the molecule is CCOc1ccc2c(C(=O)c3cc(OC)c(OC)c(OC)c3)cncc2c1O.CCOc1ccc2c(C(=O)c3cc(OC)c(OC)c(OC)c3)cncc2c1OC(C)=O.CCOc1ccc2c(C(=O)c3cc(OC)c(OC)c(OC)c3)cncc2c1OP(=O)([O-])[O-].CCOc1ccc2c(Cc3cc(OC)c(OC)c(OC)c3)cncc2c1OC(C)=O.Cl.[Na+].[Na+]. The number of fused-ring (bicyclic) bond motifs is 4. The van der Waals surface area contributed by atoms with Crippen LogP contribution in [-0.2, 0) is 20.6 Å². The monoisotopic (exact) mass is 1760 g/mol. The summed E-state index contributed by atoms with van der Waals surface area (Å²) < 4.78 is 113. The van der Waals surface area contributed by atoms with Crippen LogP contribution in [-0.4, -0.2) is 166 Å². The quantitative estimate of drug-likeness (QED) is 0.0137. The molecule has 12 aromatic rings. The van der Waals surface area contributed by atoms with E-state index in [1.165, 1.54) is 133 Å². The van der Waals surface area contributed by atoms with E-state index in [9.17, 15) is 43.4 Å². The largest absolute Gasteiger partial charge is 1.00 e. The van der Waals surface area contributed by atoms with Crippen LogP contribution in [0, 0.1) is 0 Å². The first-order chi connectivity index (χ1) is 58.2. The van der Waals surface area contributed by atoms with Gasteiger partial charge in [-0.2, -0.15) is 0 Å². The van der Waals surface area contributed by atoms with Crippen molar-refractivity contribution >= 4 is 92.6 Å². The number of ether oxygens (including phenoxy) is 18. The molecule has 32 nitrogen and oxygen atoms in total. The molecule has 0 aliphatic carbocycles. The Kier molecular flexibility index (Phi) is 38.4. The van der Waals surface area contributed by atoms with Crippen LogP contribution in [0.4, 0.5) is 0 Å². The number of pyridine rings is 4. The number of nitrogens with zero attached hydrogens (tertiary/aromatic N) is 4. The molecule has 0 spiro atoms. The number of halogens is 1. The summed E-state index contributed by atoms with van der Waals surface area (Å²) in [5, 5.41) is 14.6. The number of hydrogen-bond acceptors (Lipinski definition) is 32. The third-order valence-corrected chi connectivity index (χ3v) is 18.5. The van der Waals surface area contributed by atoms with Gasteiger partial charge in [0.05, 0.1) is 112 Å². The van der Waals surface area contributed by atoms with E-state index in [1.807, 2.05) is 45.0 Å². The first kappa shape index (κ1) is 101. The first-order valence-corrected chi connectivity index (χ1v) is 38.4. The first-order valence-electron chi connectivity index (χ1n) is 37.0. The fraction of sp³-hybridized carbons (Fsp3) is 0.261. The number of ketones is 3. The van der Waals surface area contributed by atoms with Crippen LogP contribution in [0.2, 0.25) is 0 Å². The van der Waals surface area contributed by atoms with Crippen LogP contribution in [0.25, 0.3) is 43.1 Å². The predicted molar refractivity (Wildman–Crippen MR) is 449 cm³/mol. The van der Waals surface area contributed by atoms with E-state index in [-0.39, 0.29) is 141 Å². The molecule has 0 aliphatic rings. The number of phosphoric ester groups is 1. The molecule has 36 heteroatoms. The van der Waals surface area contributed by atoms with Crippen molar-refractivity contribution in [1.29, 1.82) is 0 Å². The molecular formula is C88H90ClN4Na2O28P. The minimum Gasteiger partial charge on any atom is -0.780 e. The van der Waals surface area contributed by atoms with Gasteiger partial charge in [-0.25, -0.2) is 0 Å². The maximum absolute atomic E-state index is 13.4. The van der Waals surface area contributed by atoms with Gasteiger partial charge in [0.1, 0.15) is 7.82 Å². The second-order valence-corrected chi connectivity index (χ2v) is 26.3. The van der Waals surface area contributed by atoms with Crippen LogP contribution in [0.15, 0.2) is 147 Å². The number of phenols is 1. The molecule has 0 saturated heterocycles. The summed E-state index contributed by atoms with van der Waals surface area (Å²) in [5.41, 5.74) is 3.59. The number of carbonyl (C=O) groups excluding carboxylic acids is 5. The summed E-state index contributed by atoms with van der Waals surface area (Å²) in [4.78, 5) is 103. The molecule has 0 atom stereocenters. The van der Waals surface area contributed by atoms with E-state index in [1.54, 1.807) is 95.2 Å². The van der Waals surface area contributed by atoms with Crippen molar-refractivity contribution in [2.75, 3.05) is 112 Å². The molecule has 0 saturated carbocycles. The maximum atomic E-state index is 13.4.